The number of hydrogen-bond donors (Lipinski definition) is 1. The van der Waals surface area contributed by atoms with Crippen LogP contribution in [0, 0.1) is 12.8 Å². The fourth-order valence-electron chi connectivity index (χ4n) is 4.87. The number of nitrogens with one attached hydrogen (secondary N) is 1. The highest BCUT2D eigenvalue weighted by Gasteiger charge is 2.38. The van der Waals surface area contributed by atoms with Crippen molar-refractivity contribution in [1.82, 2.24) is 14.7 Å². The molecule has 4 heterocycles. The second kappa shape index (κ2) is 8.35. The number of aromatic nitrogens is 2. The number of anilines is 1. The number of carbonyl (C=O) groups is 1. The lowest BCUT2D eigenvalue weighted by molar-refractivity contribution is -0.133. The van der Waals surface area contributed by atoms with Gasteiger partial charge >= 0.3 is 0 Å². The zero-order valence-electron chi connectivity index (χ0n) is 16.4. The Morgan fingerprint density at radius 1 is 1.36 bits per heavy atom. The van der Waals surface area contributed by atoms with E-state index in [1.165, 1.54) is 4.68 Å². The number of amides is 1. The third-order valence-corrected chi connectivity index (χ3v) is 6.46. The van der Waals surface area contributed by atoms with Crippen molar-refractivity contribution in [3.63, 3.8) is 0 Å². The second-order valence-corrected chi connectivity index (χ2v) is 8.40. The molecule has 3 atom stereocenters. The van der Waals surface area contributed by atoms with Crippen LogP contribution in [0.15, 0.2) is 6.07 Å². The summed E-state index contributed by atoms with van der Waals surface area (Å²) >= 11 is 0. The van der Waals surface area contributed by atoms with E-state index >= 15 is 0 Å². The molecular formula is C20H30F2N4O2. The molecule has 1 aromatic rings. The van der Waals surface area contributed by atoms with Crippen molar-refractivity contribution in [2.75, 3.05) is 25.0 Å². The molecule has 0 aliphatic carbocycles. The lowest BCUT2D eigenvalue weighted by Crippen LogP contribution is -2.46. The maximum atomic E-state index is 13.6. The highest BCUT2D eigenvalue weighted by molar-refractivity contribution is 5.76. The van der Waals surface area contributed by atoms with Crippen LogP contribution >= 0.6 is 0 Å². The predicted molar refractivity (Wildman–Crippen MR) is 102 cm³/mol. The average molecular weight is 396 g/mol. The number of ether oxygens (including phenoxy) is 1. The number of halogens is 2. The summed E-state index contributed by atoms with van der Waals surface area (Å²) in [6.45, 7) is 4.07. The van der Waals surface area contributed by atoms with Crippen molar-refractivity contribution in [2.24, 2.45) is 5.92 Å². The quantitative estimate of drug-likeness (QED) is 0.829. The molecule has 3 aliphatic rings. The summed E-state index contributed by atoms with van der Waals surface area (Å²) in [5.41, 5.74) is 0.750. The Morgan fingerprint density at radius 3 is 2.82 bits per heavy atom. The van der Waals surface area contributed by atoms with Gasteiger partial charge in [-0.2, -0.15) is 5.10 Å². The molecule has 0 unspecified atom stereocenters. The Labute approximate surface area is 164 Å². The monoisotopic (exact) mass is 396 g/mol. The third kappa shape index (κ3) is 4.16. The summed E-state index contributed by atoms with van der Waals surface area (Å²) in [6, 6.07) is 0.971. The van der Waals surface area contributed by atoms with Gasteiger partial charge in [-0.05, 0) is 51.4 Å². The maximum Gasteiger partial charge on any atom is 0.260 e. The van der Waals surface area contributed by atoms with Crippen molar-refractivity contribution in [2.45, 2.75) is 76.5 Å². The maximum absolute atomic E-state index is 13.6. The molecule has 8 heteroatoms. The van der Waals surface area contributed by atoms with E-state index in [1.807, 2.05) is 17.9 Å². The summed E-state index contributed by atoms with van der Waals surface area (Å²) < 4.78 is 34.2. The van der Waals surface area contributed by atoms with Crippen molar-refractivity contribution >= 4 is 11.7 Å². The van der Waals surface area contributed by atoms with Crippen LogP contribution in [0.1, 0.15) is 56.7 Å². The number of nitrogens with zero attached hydrogens (tertiary/aromatic N) is 3. The van der Waals surface area contributed by atoms with Gasteiger partial charge in [0, 0.05) is 38.2 Å². The molecule has 6 nitrogen and oxygen atoms in total. The topological polar surface area (TPSA) is 59.4 Å². The van der Waals surface area contributed by atoms with E-state index in [2.05, 4.69) is 10.4 Å². The molecule has 1 amide bonds. The van der Waals surface area contributed by atoms with Crippen LogP contribution < -0.4 is 5.32 Å². The van der Waals surface area contributed by atoms with Crippen molar-refractivity contribution < 1.29 is 18.3 Å². The fraction of sp³-hybridized carbons (Fsp3) is 0.800. The van der Waals surface area contributed by atoms with Gasteiger partial charge in [-0.1, -0.05) is 0 Å². The Morgan fingerprint density at radius 2 is 2.14 bits per heavy atom. The van der Waals surface area contributed by atoms with Gasteiger partial charge in [-0.25, -0.2) is 13.5 Å². The first-order valence-corrected chi connectivity index (χ1v) is 10.5. The van der Waals surface area contributed by atoms with Gasteiger partial charge in [0.05, 0.1) is 11.8 Å². The Kier molecular flexibility index (Phi) is 5.85. The van der Waals surface area contributed by atoms with Gasteiger partial charge in [0.1, 0.15) is 11.9 Å². The number of rotatable bonds is 5. The predicted octanol–water partition coefficient (Wildman–Crippen LogP) is 3.38. The number of likely N-dealkylation sites (tertiary alicyclic amines) is 1. The Balaban J connectivity index is 1.30. The van der Waals surface area contributed by atoms with E-state index in [0.717, 1.165) is 44.4 Å². The highest BCUT2D eigenvalue weighted by Crippen LogP contribution is 2.37. The standard InChI is InChI=1S/C20H30F2N4O2/c1-13-11-18-23-16(12-17(20(21)22)26(18)24-13)14-6-8-25(9-7-14)19(27)5-4-15-3-2-10-28-15/h11,14-17,20,23H,2-10,12H2,1H3/t15-,16-,17+/m0/s1. The van der Waals surface area contributed by atoms with Crippen molar-refractivity contribution in [3.05, 3.63) is 11.8 Å². The molecule has 0 aromatic carbocycles. The molecule has 28 heavy (non-hydrogen) atoms. The average Bonchev–Trinajstić information content (AvgIpc) is 3.33. The van der Waals surface area contributed by atoms with Crippen LogP contribution in [-0.4, -0.2) is 58.9 Å². The van der Waals surface area contributed by atoms with Gasteiger partial charge in [-0.3, -0.25) is 4.79 Å². The van der Waals surface area contributed by atoms with Gasteiger partial charge < -0.3 is 15.0 Å². The summed E-state index contributed by atoms with van der Waals surface area (Å²) in [7, 11) is 0. The smallest absolute Gasteiger partial charge is 0.260 e. The summed E-state index contributed by atoms with van der Waals surface area (Å²) in [6.07, 6.45) is 3.41. The van der Waals surface area contributed by atoms with Crippen LogP contribution in [0.2, 0.25) is 0 Å². The molecule has 0 spiro atoms. The summed E-state index contributed by atoms with van der Waals surface area (Å²) in [5, 5.41) is 7.66. The van der Waals surface area contributed by atoms with Crippen LogP contribution in [0.25, 0.3) is 0 Å². The summed E-state index contributed by atoms with van der Waals surface area (Å²) in [4.78, 5) is 14.4. The first-order chi connectivity index (χ1) is 13.5. The highest BCUT2D eigenvalue weighted by atomic mass is 19.3. The van der Waals surface area contributed by atoms with Gasteiger partial charge in [0.25, 0.3) is 6.43 Å². The second-order valence-electron chi connectivity index (χ2n) is 8.40. The molecule has 2 fully saturated rings. The van der Waals surface area contributed by atoms with E-state index in [-0.39, 0.29) is 18.1 Å². The first kappa shape index (κ1) is 19.6. The number of aryl methyl sites for hydroxylation is 1. The molecule has 0 saturated carbocycles. The zero-order chi connectivity index (χ0) is 19.7. The van der Waals surface area contributed by atoms with Crippen LogP contribution in [0.4, 0.5) is 14.6 Å². The lowest BCUT2D eigenvalue weighted by Gasteiger charge is -2.40. The number of piperidine rings is 1. The number of carbonyl (C=O) groups excluding carboxylic acids is 1. The molecule has 4 rings (SSSR count). The minimum absolute atomic E-state index is 0.00624. The van der Waals surface area contributed by atoms with E-state index in [4.69, 9.17) is 4.74 Å². The van der Waals surface area contributed by atoms with Crippen LogP contribution in [0.3, 0.4) is 0 Å². The molecule has 2 saturated heterocycles. The van der Waals surface area contributed by atoms with Crippen LogP contribution in [-0.2, 0) is 9.53 Å². The Bertz CT molecular complexity index is 682. The van der Waals surface area contributed by atoms with Gasteiger partial charge in [0.2, 0.25) is 5.91 Å². The molecule has 0 bridgehead atoms. The third-order valence-electron chi connectivity index (χ3n) is 6.46. The Hall–Kier alpha value is -1.70. The number of alkyl halides is 2. The van der Waals surface area contributed by atoms with Crippen molar-refractivity contribution in [3.8, 4) is 0 Å². The zero-order valence-corrected chi connectivity index (χ0v) is 16.4. The largest absolute Gasteiger partial charge is 0.378 e. The molecule has 0 radical (unpaired) electrons. The van der Waals surface area contributed by atoms with Gasteiger partial charge in [0.15, 0.2) is 0 Å². The SMILES string of the molecule is Cc1cc2n(n1)[C@@H](C(F)F)C[C@@H](C1CCN(C(=O)CC[C@@H]3CCCO3)CC1)N2. The molecule has 1 N–H and O–H groups in total. The van der Waals surface area contributed by atoms with Crippen molar-refractivity contribution in [1.29, 1.82) is 0 Å². The number of fused-ring (bicyclic) bond motifs is 1. The fourth-order valence-corrected chi connectivity index (χ4v) is 4.87. The first-order valence-electron chi connectivity index (χ1n) is 10.5. The van der Waals surface area contributed by atoms with E-state index in [1.54, 1.807) is 0 Å². The minimum Gasteiger partial charge on any atom is -0.378 e. The molecule has 156 valence electrons. The molecular weight excluding hydrogens is 366 g/mol. The normalized spacial score (nSPS) is 28.4. The molecule has 3 aliphatic heterocycles. The van der Waals surface area contributed by atoms with Gasteiger partial charge in [-0.15, -0.1) is 0 Å². The van der Waals surface area contributed by atoms with Crippen LogP contribution in [0.5, 0.6) is 0 Å². The minimum atomic E-state index is -2.43. The summed E-state index contributed by atoms with van der Waals surface area (Å²) in [5.74, 6) is 1.19. The molecule has 1 aromatic heterocycles. The van der Waals surface area contributed by atoms with E-state index in [0.29, 0.717) is 37.7 Å². The lowest BCUT2D eigenvalue weighted by atomic mass is 9.85. The van der Waals surface area contributed by atoms with E-state index < -0.39 is 12.5 Å². The van der Waals surface area contributed by atoms with E-state index in [9.17, 15) is 13.6 Å². The number of hydrogen-bond acceptors (Lipinski definition) is 4.